The van der Waals surface area contributed by atoms with Crippen molar-refractivity contribution in [2.24, 2.45) is 11.8 Å². The van der Waals surface area contributed by atoms with Crippen molar-refractivity contribution in [2.75, 3.05) is 5.43 Å². The Labute approximate surface area is 118 Å². The lowest BCUT2D eigenvalue weighted by Crippen LogP contribution is -2.24. The predicted octanol–water partition coefficient (Wildman–Crippen LogP) is 2.87. The van der Waals surface area contributed by atoms with Gasteiger partial charge < -0.3 is 4.74 Å². The van der Waals surface area contributed by atoms with E-state index in [9.17, 15) is 0 Å². The Morgan fingerprint density at radius 3 is 2.65 bits per heavy atom. The van der Waals surface area contributed by atoms with E-state index in [1.54, 1.807) is 0 Å². The Morgan fingerprint density at radius 2 is 1.90 bits per heavy atom. The van der Waals surface area contributed by atoms with Gasteiger partial charge in [0, 0.05) is 0 Å². The topological polar surface area (TPSA) is 73.1 Å². The standard InChI is InChI=1S/C15H20N4O/c1-10-6-8-11(9-7-10)20-14-12-4-2-3-5-13(12)17-15(18-14)19-16/h2-5,10-11H,6-9,16H2,1H3,(H,17,18,19). The minimum absolute atomic E-state index is 0.245. The third-order valence-electron chi connectivity index (χ3n) is 3.94. The zero-order chi connectivity index (χ0) is 13.9. The molecule has 0 aliphatic heterocycles. The molecule has 5 nitrogen and oxygen atoms in total. The van der Waals surface area contributed by atoms with E-state index >= 15 is 0 Å². The molecule has 2 aromatic rings. The Balaban J connectivity index is 1.89. The molecule has 3 rings (SSSR count). The number of hydrogen-bond donors (Lipinski definition) is 2. The SMILES string of the molecule is CC1CCC(Oc2nc(NN)nc3ccccc23)CC1. The summed E-state index contributed by atoms with van der Waals surface area (Å²) in [6.07, 6.45) is 4.86. The second kappa shape index (κ2) is 5.63. The third-order valence-corrected chi connectivity index (χ3v) is 3.94. The minimum atomic E-state index is 0.245. The lowest BCUT2D eigenvalue weighted by molar-refractivity contribution is 0.132. The molecule has 106 valence electrons. The van der Waals surface area contributed by atoms with Gasteiger partial charge >= 0.3 is 0 Å². The molecule has 1 aromatic carbocycles. The Morgan fingerprint density at radius 1 is 1.15 bits per heavy atom. The number of benzene rings is 1. The second-order valence-corrected chi connectivity index (χ2v) is 5.51. The summed E-state index contributed by atoms with van der Waals surface area (Å²) >= 11 is 0. The van der Waals surface area contributed by atoms with E-state index in [-0.39, 0.29) is 6.10 Å². The molecule has 5 heteroatoms. The van der Waals surface area contributed by atoms with Crippen LogP contribution in [0.4, 0.5) is 5.95 Å². The van der Waals surface area contributed by atoms with Gasteiger partial charge in [-0.25, -0.2) is 10.8 Å². The molecule has 0 unspecified atom stereocenters. The van der Waals surface area contributed by atoms with Crippen LogP contribution in [0.2, 0.25) is 0 Å². The van der Waals surface area contributed by atoms with E-state index < -0.39 is 0 Å². The highest BCUT2D eigenvalue weighted by molar-refractivity contribution is 5.84. The van der Waals surface area contributed by atoms with Crippen LogP contribution >= 0.6 is 0 Å². The quantitative estimate of drug-likeness (QED) is 0.664. The molecule has 0 atom stereocenters. The highest BCUT2D eigenvalue weighted by Crippen LogP contribution is 2.30. The number of nitrogens with one attached hydrogen (secondary N) is 1. The Bertz CT molecular complexity index is 593. The summed E-state index contributed by atoms with van der Waals surface area (Å²) in [6, 6.07) is 7.84. The largest absolute Gasteiger partial charge is 0.474 e. The van der Waals surface area contributed by atoms with Crippen LogP contribution in [0.15, 0.2) is 24.3 Å². The molecule has 1 fully saturated rings. The number of hydrazine groups is 1. The molecule has 20 heavy (non-hydrogen) atoms. The van der Waals surface area contributed by atoms with Gasteiger partial charge in [-0.3, -0.25) is 5.43 Å². The smallest absolute Gasteiger partial charge is 0.241 e. The van der Waals surface area contributed by atoms with E-state index in [0.29, 0.717) is 11.8 Å². The van der Waals surface area contributed by atoms with Crippen molar-refractivity contribution < 1.29 is 4.74 Å². The minimum Gasteiger partial charge on any atom is -0.474 e. The number of nitrogens with two attached hydrogens (primary N) is 1. The maximum atomic E-state index is 6.11. The van der Waals surface area contributed by atoms with Crippen molar-refractivity contribution in [3.8, 4) is 5.88 Å². The average Bonchev–Trinajstić information content (AvgIpc) is 2.49. The van der Waals surface area contributed by atoms with Crippen molar-refractivity contribution in [2.45, 2.75) is 38.7 Å². The number of hydrogen-bond acceptors (Lipinski definition) is 5. The summed E-state index contributed by atoms with van der Waals surface area (Å²) in [4.78, 5) is 8.70. The molecule has 1 aliphatic rings. The van der Waals surface area contributed by atoms with Gasteiger partial charge in [0.1, 0.15) is 6.10 Å². The molecule has 1 aliphatic carbocycles. The first-order valence-corrected chi connectivity index (χ1v) is 7.16. The molecular formula is C15H20N4O. The summed E-state index contributed by atoms with van der Waals surface area (Å²) in [5, 5.41) is 0.935. The highest BCUT2D eigenvalue weighted by Gasteiger charge is 2.21. The lowest BCUT2D eigenvalue weighted by Gasteiger charge is -2.26. The van der Waals surface area contributed by atoms with E-state index in [1.165, 1.54) is 12.8 Å². The second-order valence-electron chi connectivity index (χ2n) is 5.51. The van der Waals surface area contributed by atoms with Crippen LogP contribution in [0.25, 0.3) is 10.9 Å². The highest BCUT2D eigenvalue weighted by atomic mass is 16.5. The van der Waals surface area contributed by atoms with Crippen LogP contribution in [0, 0.1) is 5.92 Å². The van der Waals surface area contributed by atoms with Crippen LogP contribution in [0.1, 0.15) is 32.6 Å². The van der Waals surface area contributed by atoms with Crippen LogP contribution in [-0.2, 0) is 0 Å². The molecule has 3 N–H and O–H groups in total. The molecular weight excluding hydrogens is 252 g/mol. The van der Waals surface area contributed by atoms with Gasteiger partial charge in [0.25, 0.3) is 0 Å². The fraction of sp³-hybridized carbons (Fsp3) is 0.467. The van der Waals surface area contributed by atoms with Crippen LogP contribution in [-0.4, -0.2) is 16.1 Å². The van der Waals surface area contributed by atoms with Gasteiger partial charge in [-0.1, -0.05) is 19.1 Å². The van der Waals surface area contributed by atoms with Gasteiger partial charge in [-0.15, -0.1) is 0 Å². The fourth-order valence-electron chi connectivity index (χ4n) is 2.71. The number of nitrogens with zero attached hydrogens (tertiary/aromatic N) is 2. The normalized spacial score (nSPS) is 22.7. The fourth-order valence-corrected chi connectivity index (χ4v) is 2.71. The molecule has 0 saturated heterocycles. The van der Waals surface area contributed by atoms with Crippen molar-refractivity contribution in [1.82, 2.24) is 9.97 Å². The average molecular weight is 272 g/mol. The summed E-state index contributed by atoms with van der Waals surface area (Å²) < 4.78 is 6.11. The Hall–Kier alpha value is -1.88. The lowest BCUT2D eigenvalue weighted by atomic mass is 9.89. The first kappa shape index (κ1) is 13.1. The first-order chi connectivity index (χ1) is 9.76. The Kier molecular flexibility index (Phi) is 3.69. The molecule has 1 aromatic heterocycles. The van der Waals surface area contributed by atoms with Gasteiger partial charge in [-0.05, 0) is 43.7 Å². The van der Waals surface area contributed by atoms with E-state index in [1.807, 2.05) is 24.3 Å². The van der Waals surface area contributed by atoms with Gasteiger partial charge in [0.15, 0.2) is 0 Å². The van der Waals surface area contributed by atoms with Crippen molar-refractivity contribution in [1.29, 1.82) is 0 Å². The monoisotopic (exact) mass is 272 g/mol. The summed E-state index contributed by atoms with van der Waals surface area (Å²) in [6.45, 7) is 2.30. The third kappa shape index (κ3) is 2.67. The zero-order valence-electron chi connectivity index (χ0n) is 11.7. The van der Waals surface area contributed by atoms with Gasteiger partial charge in [0.2, 0.25) is 11.8 Å². The van der Waals surface area contributed by atoms with Gasteiger partial charge in [0.05, 0.1) is 10.9 Å². The summed E-state index contributed by atoms with van der Waals surface area (Å²) in [5.41, 5.74) is 3.34. The van der Waals surface area contributed by atoms with E-state index in [0.717, 1.165) is 29.7 Å². The molecule has 0 radical (unpaired) electrons. The molecule has 1 saturated carbocycles. The van der Waals surface area contributed by atoms with Crippen LogP contribution in [0.3, 0.4) is 0 Å². The van der Waals surface area contributed by atoms with E-state index in [4.69, 9.17) is 10.6 Å². The van der Waals surface area contributed by atoms with Crippen molar-refractivity contribution >= 4 is 16.9 Å². The number of nitrogen functional groups attached to an aromatic ring is 1. The first-order valence-electron chi connectivity index (χ1n) is 7.16. The predicted molar refractivity (Wildman–Crippen MR) is 79.4 cm³/mol. The molecule has 1 heterocycles. The number of aromatic nitrogens is 2. The molecule has 0 spiro atoms. The number of para-hydroxylation sites is 1. The number of ether oxygens (including phenoxy) is 1. The summed E-state index contributed by atoms with van der Waals surface area (Å²) in [5.74, 6) is 7.25. The van der Waals surface area contributed by atoms with Gasteiger partial charge in [-0.2, -0.15) is 4.98 Å². The van der Waals surface area contributed by atoms with E-state index in [2.05, 4.69) is 22.3 Å². The van der Waals surface area contributed by atoms with Crippen LogP contribution in [0.5, 0.6) is 5.88 Å². The van der Waals surface area contributed by atoms with Crippen molar-refractivity contribution in [3.05, 3.63) is 24.3 Å². The number of anilines is 1. The number of rotatable bonds is 3. The number of fused-ring (bicyclic) bond motifs is 1. The zero-order valence-corrected chi connectivity index (χ0v) is 11.7. The molecule has 0 bridgehead atoms. The van der Waals surface area contributed by atoms with Crippen molar-refractivity contribution in [3.63, 3.8) is 0 Å². The maximum absolute atomic E-state index is 6.11. The molecule has 0 amide bonds. The maximum Gasteiger partial charge on any atom is 0.241 e. The van der Waals surface area contributed by atoms with Crippen LogP contribution < -0.4 is 16.0 Å². The summed E-state index contributed by atoms with van der Waals surface area (Å²) in [7, 11) is 0.